The summed E-state index contributed by atoms with van der Waals surface area (Å²) in [6, 6.07) is -0.103. The number of rotatable bonds is 7. The van der Waals surface area contributed by atoms with Crippen molar-refractivity contribution in [2.24, 2.45) is 17.8 Å². The first-order valence-corrected chi connectivity index (χ1v) is 12.7. The second kappa shape index (κ2) is 10.2. The molecule has 3 amide bonds. The summed E-state index contributed by atoms with van der Waals surface area (Å²) in [5.41, 5.74) is 2.17. The molecule has 3 fully saturated rings. The van der Waals surface area contributed by atoms with Gasteiger partial charge in [0.2, 0.25) is 15.9 Å². The van der Waals surface area contributed by atoms with Crippen LogP contribution in [0.25, 0.3) is 0 Å². The molecule has 0 bridgehead atoms. The van der Waals surface area contributed by atoms with Crippen molar-refractivity contribution in [3.8, 4) is 0 Å². The van der Waals surface area contributed by atoms with Crippen molar-refractivity contribution in [3.05, 3.63) is 0 Å². The molecule has 31 heavy (non-hydrogen) atoms. The van der Waals surface area contributed by atoms with Gasteiger partial charge in [-0.1, -0.05) is 0 Å². The SMILES string of the molecule is CCNC(=O)N1CC(CS(=O)(=O)NNC(=O)C2CC(C3CN(C)CN3)CC(Cl)C2F)C1. The van der Waals surface area contributed by atoms with Gasteiger partial charge in [0, 0.05) is 44.8 Å². The van der Waals surface area contributed by atoms with E-state index in [2.05, 4.69) is 25.8 Å². The molecule has 13 heteroatoms. The summed E-state index contributed by atoms with van der Waals surface area (Å²) in [6.45, 7) is 4.48. The van der Waals surface area contributed by atoms with E-state index < -0.39 is 33.4 Å². The number of nitrogens with one attached hydrogen (secondary N) is 4. The van der Waals surface area contributed by atoms with Crippen molar-refractivity contribution in [1.82, 2.24) is 30.7 Å². The second-order valence-electron chi connectivity index (χ2n) is 8.78. The number of alkyl halides is 2. The average Bonchev–Trinajstić information content (AvgIpc) is 3.11. The zero-order valence-corrected chi connectivity index (χ0v) is 19.4. The molecule has 4 N–H and O–H groups in total. The predicted octanol–water partition coefficient (Wildman–Crippen LogP) is -0.569. The van der Waals surface area contributed by atoms with Crippen LogP contribution in [0.4, 0.5) is 9.18 Å². The standard InChI is InChI=1S/C18H32ClFN6O4S/c1-3-21-18(28)26-6-11(7-26)9-31(29,30)24-23-17(27)13-4-12(5-14(19)16(13)20)15-8-25(2)10-22-15/h11-16,22,24H,3-10H2,1-2H3,(H,21,28)(H,23,27). The maximum atomic E-state index is 14.7. The molecule has 1 saturated carbocycles. The fraction of sp³-hybridized carbons (Fsp3) is 0.889. The minimum atomic E-state index is -3.82. The van der Waals surface area contributed by atoms with Crippen molar-refractivity contribution in [3.63, 3.8) is 0 Å². The fourth-order valence-electron chi connectivity index (χ4n) is 4.53. The van der Waals surface area contributed by atoms with Crippen LogP contribution in [0.2, 0.25) is 0 Å². The van der Waals surface area contributed by atoms with E-state index in [4.69, 9.17) is 11.6 Å². The number of halogens is 2. The molecule has 5 atom stereocenters. The number of likely N-dealkylation sites (N-methyl/N-ethyl adjacent to an activating group) is 1. The van der Waals surface area contributed by atoms with Gasteiger partial charge in [-0.05, 0) is 32.7 Å². The van der Waals surface area contributed by atoms with Crippen LogP contribution < -0.4 is 20.9 Å². The molecule has 10 nitrogen and oxygen atoms in total. The Morgan fingerprint density at radius 2 is 1.94 bits per heavy atom. The van der Waals surface area contributed by atoms with Crippen molar-refractivity contribution in [2.45, 2.75) is 37.4 Å². The molecule has 3 aliphatic rings. The molecule has 0 aromatic carbocycles. The molecular weight excluding hydrogens is 451 g/mol. The first-order chi connectivity index (χ1) is 14.6. The molecule has 1 aliphatic carbocycles. The molecule has 2 saturated heterocycles. The van der Waals surface area contributed by atoms with E-state index in [0.29, 0.717) is 32.5 Å². The summed E-state index contributed by atoms with van der Waals surface area (Å²) >= 11 is 6.19. The molecule has 2 heterocycles. The summed E-state index contributed by atoms with van der Waals surface area (Å²) < 4.78 is 39.3. The maximum Gasteiger partial charge on any atom is 0.317 e. The molecule has 0 radical (unpaired) electrons. The van der Waals surface area contributed by atoms with Crippen LogP contribution in [-0.2, 0) is 14.8 Å². The highest BCUT2D eigenvalue weighted by Crippen LogP contribution is 2.37. The number of nitrogens with zero attached hydrogens (tertiary/aromatic N) is 2. The Labute approximate surface area is 187 Å². The highest BCUT2D eigenvalue weighted by Gasteiger charge is 2.44. The summed E-state index contributed by atoms with van der Waals surface area (Å²) in [7, 11) is -1.84. The third-order valence-corrected chi connectivity index (χ3v) is 7.95. The first kappa shape index (κ1) is 24.4. The number of hydrogen-bond acceptors (Lipinski definition) is 6. The number of hydrogen-bond donors (Lipinski definition) is 4. The van der Waals surface area contributed by atoms with Crippen molar-refractivity contribution in [1.29, 1.82) is 0 Å². The number of amides is 3. The van der Waals surface area contributed by atoms with Gasteiger partial charge in [0.15, 0.2) is 0 Å². The predicted molar refractivity (Wildman–Crippen MR) is 114 cm³/mol. The van der Waals surface area contributed by atoms with Gasteiger partial charge < -0.3 is 10.2 Å². The van der Waals surface area contributed by atoms with Crippen LogP contribution in [0.3, 0.4) is 0 Å². The normalized spacial score (nSPS) is 32.5. The van der Waals surface area contributed by atoms with E-state index in [1.165, 1.54) is 4.90 Å². The number of carbonyl (C=O) groups is 2. The van der Waals surface area contributed by atoms with E-state index in [1.54, 1.807) is 6.92 Å². The fourth-order valence-corrected chi connectivity index (χ4v) is 6.11. The van der Waals surface area contributed by atoms with E-state index in [0.717, 1.165) is 13.2 Å². The zero-order valence-electron chi connectivity index (χ0n) is 17.8. The summed E-state index contributed by atoms with van der Waals surface area (Å²) in [5, 5.41) is 5.21. The van der Waals surface area contributed by atoms with Gasteiger partial charge in [0.25, 0.3) is 0 Å². The van der Waals surface area contributed by atoms with Gasteiger partial charge in [-0.15, -0.1) is 16.4 Å². The lowest BCUT2D eigenvalue weighted by atomic mass is 9.76. The first-order valence-electron chi connectivity index (χ1n) is 10.6. The number of hydrazine groups is 1. The van der Waals surface area contributed by atoms with E-state index >= 15 is 0 Å². The summed E-state index contributed by atoms with van der Waals surface area (Å²) in [6.07, 6.45) is -0.778. The zero-order chi connectivity index (χ0) is 22.8. The molecule has 3 rings (SSSR count). The Balaban J connectivity index is 1.48. The number of carbonyl (C=O) groups excluding carboxylic acids is 2. The van der Waals surface area contributed by atoms with Crippen molar-refractivity contribution in [2.75, 3.05) is 45.6 Å². The Hall–Kier alpha value is -1.21. The smallest absolute Gasteiger partial charge is 0.317 e. The third-order valence-electron chi connectivity index (χ3n) is 6.21. The Kier molecular flexibility index (Phi) is 8.00. The molecule has 5 unspecified atom stereocenters. The van der Waals surface area contributed by atoms with Gasteiger partial charge in [0.1, 0.15) is 6.17 Å². The molecule has 0 spiro atoms. The van der Waals surface area contributed by atoms with Gasteiger partial charge >= 0.3 is 6.03 Å². The molecular formula is C18H32ClFN6O4S. The quantitative estimate of drug-likeness (QED) is 0.285. The van der Waals surface area contributed by atoms with E-state index in [1.807, 2.05) is 7.05 Å². The van der Waals surface area contributed by atoms with Crippen molar-refractivity contribution < 1.29 is 22.4 Å². The number of likely N-dealkylation sites (tertiary alicyclic amines) is 1. The van der Waals surface area contributed by atoms with E-state index in [9.17, 15) is 22.4 Å². The lowest BCUT2D eigenvalue weighted by Gasteiger charge is -2.39. The van der Waals surface area contributed by atoms with Gasteiger partial charge in [-0.3, -0.25) is 20.4 Å². The highest BCUT2D eigenvalue weighted by atomic mass is 35.5. The lowest BCUT2D eigenvalue weighted by Crippen LogP contribution is -2.57. The number of urea groups is 1. The van der Waals surface area contributed by atoms with Crippen molar-refractivity contribution >= 4 is 33.6 Å². The molecule has 0 aromatic rings. The van der Waals surface area contributed by atoms with Crippen LogP contribution in [-0.4, -0.2) is 93.4 Å². The van der Waals surface area contributed by atoms with Gasteiger partial charge in [-0.25, -0.2) is 17.6 Å². The van der Waals surface area contributed by atoms with Gasteiger partial charge in [-0.2, -0.15) is 0 Å². The second-order valence-corrected chi connectivity index (χ2v) is 11.1. The highest BCUT2D eigenvalue weighted by molar-refractivity contribution is 7.89. The van der Waals surface area contributed by atoms with Crippen LogP contribution >= 0.6 is 11.6 Å². The minimum Gasteiger partial charge on any atom is -0.338 e. The lowest BCUT2D eigenvalue weighted by molar-refractivity contribution is -0.129. The number of sulfonamides is 1. The largest absolute Gasteiger partial charge is 0.338 e. The Bertz CT molecular complexity index is 768. The average molecular weight is 483 g/mol. The van der Waals surface area contributed by atoms with Crippen LogP contribution in [0, 0.1) is 17.8 Å². The van der Waals surface area contributed by atoms with E-state index in [-0.39, 0.29) is 29.7 Å². The minimum absolute atomic E-state index is 0.0297. The Morgan fingerprint density at radius 1 is 1.23 bits per heavy atom. The molecule has 178 valence electrons. The summed E-state index contributed by atoms with van der Waals surface area (Å²) in [5.74, 6) is -2.15. The van der Waals surface area contributed by atoms with Crippen LogP contribution in [0.5, 0.6) is 0 Å². The van der Waals surface area contributed by atoms with Gasteiger partial charge in [0.05, 0.1) is 17.0 Å². The molecule has 2 aliphatic heterocycles. The Morgan fingerprint density at radius 3 is 2.55 bits per heavy atom. The summed E-state index contributed by atoms with van der Waals surface area (Å²) in [4.78, 5) is 29.9. The monoisotopic (exact) mass is 482 g/mol. The molecule has 0 aromatic heterocycles. The maximum absolute atomic E-state index is 14.7. The van der Waals surface area contributed by atoms with Crippen LogP contribution in [0.15, 0.2) is 0 Å². The van der Waals surface area contributed by atoms with Crippen LogP contribution in [0.1, 0.15) is 19.8 Å². The third kappa shape index (κ3) is 6.19. The topological polar surface area (TPSA) is 123 Å².